The Kier molecular flexibility index (Phi) is 4.96. The summed E-state index contributed by atoms with van der Waals surface area (Å²) in [5.41, 5.74) is 5.55. The zero-order valence-corrected chi connectivity index (χ0v) is 9.84. The van der Waals surface area contributed by atoms with Crippen molar-refractivity contribution in [3.8, 4) is 0 Å². The highest BCUT2D eigenvalue weighted by atomic mass is 16.4. The van der Waals surface area contributed by atoms with E-state index in [0.29, 0.717) is 25.6 Å². The summed E-state index contributed by atoms with van der Waals surface area (Å²) in [4.78, 5) is 25.6. The molecule has 0 spiro atoms. The molecule has 96 valence electrons. The molecule has 6 nitrogen and oxygen atoms in total. The predicted molar refractivity (Wildman–Crippen MR) is 63.5 cm³/mol. The van der Waals surface area contributed by atoms with Gasteiger partial charge < -0.3 is 20.6 Å². The molecule has 1 unspecified atom stereocenters. The molecular weight excluding hydrogens is 222 g/mol. The molecule has 1 rings (SSSR count). The number of carboxylic acid groups (broad SMARTS) is 1. The third-order valence-corrected chi connectivity index (χ3v) is 2.84. The van der Waals surface area contributed by atoms with Gasteiger partial charge >= 0.3 is 12.0 Å². The minimum Gasteiger partial charge on any atom is -0.480 e. The Morgan fingerprint density at radius 2 is 2.29 bits per heavy atom. The van der Waals surface area contributed by atoms with Crippen molar-refractivity contribution in [2.75, 3.05) is 32.7 Å². The fraction of sp³-hybridized carbons (Fsp3) is 0.636. The summed E-state index contributed by atoms with van der Waals surface area (Å²) in [7, 11) is 0. The molecule has 6 heteroatoms. The number of aliphatic carboxylic acids is 1. The Balaban J connectivity index is 2.58. The van der Waals surface area contributed by atoms with Crippen molar-refractivity contribution in [1.29, 1.82) is 0 Å². The van der Waals surface area contributed by atoms with Gasteiger partial charge in [0.15, 0.2) is 0 Å². The Morgan fingerprint density at radius 1 is 1.59 bits per heavy atom. The van der Waals surface area contributed by atoms with Crippen molar-refractivity contribution in [3.05, 3.63) is 12.7 Å². The monoisotopic (exact) mass is 241 g/mol. The number of likely N-dealkylation sites (tertiary alicyclic amines) is 1. The molecule has 2 amide bonds. The molecule has 0 aromatic heterocycles. The van der Waals surface area contributed by atoms with E-state index in [1.165, 1.54) is 11.0 Å². The van der Waals surface area contributed by atoms with E-state index in [4.69, 9.17) is 10.8 Å². The number of rotatable bonds is 5. The molecule has 1 aliphatic rings. The molecule has 1 fully saturated rings. The average molecular weight is 241 g/mol. The second kappa shape index (κ2) is 6.24. The van der Waals surface area contributed by atoms with Gasteiger partial charge in [0.2, 0.25) is 0 Å². The molecule has 17 heavy (non-hydrogen) atoms. The SMILES string of the molecule is C=CCN(CC(=O)O)C(=O)N1CCC(CN)C1. The van der Waals surface area contributed by atoms with E-state index in [-0.39, 0.29) is 19.1 Å². The molecule has 3 N–H and O–H groups in total. The molecule has 0 aromatic rings. The van der Waals surface area contributed by atoms with Crippen LogP contribution in [0.2, 0.25) is 0 Å². The molecule has 1 aliphatic heterocycles. The van der Waals surface area contributed by atoms with Gasteiger partial charge in [0.05, 0.1) is 0 Å². The second-order valence-corrected chi connectivity index (χ2v) is 4.18. The molecule has 1 heterocycles. The van der Waals surface area contributed by atoms with E-state index in [0.717, 1.165) is 6.42 Å². The lowest BCUT2D eigenvalue weighted by Crippen LogP contribution is -2.44. The molecule has 0 radical (unpaired) electrons. The van der Waals surface area contributed by atoms with Gasteiger partial charge in [0, 0.05) is 19.6 Å². The van der Waals surface area contributed by atoms with Crippen LogP contribution in [0.4, 0.5) is 4.79 Å². The number of nitrogens with two attached hydrogens (primary N) is 1. The van der Waals surface area contributed by atoms with Gasteiger partial charge in [0.25, 0.3) is 0 Å². The fourth-order valence-corrected chi connectivity index (χ4v) is 1.93. The van der Waals surface area contributed by atoms with E-state index in [2.05, 4.69) is 6.58 Å². The third-order valence-electron chi connectivity index (χ3n) is 2.84. The number of urea groups is 1. The minimum atomic E-state index is -1.02. The summed E-state index contributed by atoms with van der Waals surface area (Å²) in [5, 5.41) is 8.73. The van der Waals surface area contributed by atoms with Crippen LogP contribution in [0.1, 0.15) is 6.42 Å². The quantitative estimate of drug-likeness (QED) is 0.661. The number of carbonyl (C=O) groups excluding carboxylic acids is 1. The topological polar surface area (TPSA) is 86.9 Å². The molecule has 0 saturated carbocycles. The van der Waals surface area contributed by atoms with Gasteiger partial charge in [-0.1, -0.05) is 6.08 Å². The predicted octanol–water partition coefficient (Wildman–Crippen LogP) is -0.0404. The number of nitrogens with zero attached hydrogens (tertiary/aromatic N) is 2. The number of carbonyl (C=O) groups is 2. The van der Waals surface area contributed by atoms with Crippen LogP contribution in [0.25, 0.3) is 0 Å². The Hall–Kier alpha value is -1.56. The normalized spacial score (nSPS) is 19.1. The first-order valence-electron chi connectivity index (χ1n) is 5.65. The number of carboxylic acids is 1. The van der Waals surface area contributed by atoms with E-state index < -0.39 is 5.97 Å². The van der Waals surface area contributed by atoms with Crippen molar-refractivity contribution in [1.82, 2.24) is 9.80 Å². The average Bonchev–Trinajstić information content (AvgIpc) is 2.75. The van der Waals surface area contributed by atoms with E-state index in [9.17, 15) is 9.59 Å². The summed E-state index contributed by atoms with van der Waals surface area (Å²) >= 11 is 0. The van der Waals surface area contributed by atoms with Gasteiger partial charge in [0.1, 0.15) is 6.54 Å². The highest BCUT2D eigenvalue weighted by Gasteiger charge is 2.28. The van der Waals surface area contributed by atoms with E-state index >= 15 is 0 Å². The molecule has 1 saturated heterocycles. The van der Waals surface area contributed by atoms with Crippen LogP contribution >= 0.6 is 0 Å². The maximum Gasteiger partial charge on any atom is 0.323 e. The first kappa shape index (κ1) is 13.5. The van der Waals surface area contributed by atoms with Crippen LogP contribution < -0.4 is 5.73 Å². The first-order valence-corrected chi connectivity index (χ1v) is 5.65. The first-order chi connectivity index (χ1) is 8.08. The van der Waals surface area contributed by atoms with Crippen molar-refractivity contribution in [3.63, 3.8) is 0 Å². The number of hydrogen-bond acceptors (Lipinski definition) is 3. The Labute approximate surface area is 101 Å². The largest absolute Gasteiger partial charge is 0.480 e. The highest BCUT2D eigenvalue weighted by molar-refractivity contribution is 5.80. The summed E-state index contributed by atoms with van der Waals surface area (Å²) in [6, 6.07) is -0.247. The zero-order valence-electron chi connectivity index (χ0n) is 9.84. The van der Waals surface area contributed by atoms with Crippen LogP contribution in [0.5, 0.6) is 0 Å². The minimum absolute atomic E-state index is 0.245. The lowest BCUT2D eigenvalue weighted by atomic mass is 10.1. The number of amides is 2. The number of hydrogen-bond donors (Lipinski definition) is 2. The molecule has 1 atom stereocenters. The second-order valence-electron chi connectivity index (χ2n) is 4.18. The standard InChI is InChI=1S/C11H19N3O3/c1-2-4-13(8-10(15)16)11(17)14-5-3-9(6-12)7-14/h2,9H,1,3-8,12H2,(H,15,16). The summed E-state index contributed by atoms with van der Waals surface area (Å²) < 4.78 is 0. The van der Waals surface area contributed by atoms with Crippen molar-refractivity contribution in [2.24, 2.45) is 11.7 Å². The van der Waals surface area contributed by atoms with Crippen molar-refractivity contribution in [2.45, 2.75) is 6.42 Å². The third kappa shape index (κ3) is 3.74. The summed E-state index contributed by atoms with van der Waals surface area (Å²) in [6.07, 6.45) is 2.41. The van der Waals surface area contributed by atoms with E-state index in [1.807, 2.05) is 0 Å². The lowest BCUT2D eigenvalue weighted by molar-refractivity contribution is -0.137. The van der Waals surface area contributed by atoms with Crippen LogP contribution in [-0.4, -0.2) is 59.6 Å². The van der Waals surface area contributed by atoms with Crippen molar-refractivity contribution >= 4 is 12.0 Å². The van der Waals surface area contributed by atoms with Crippen LogP contribution in [0, 0.1) is 5.92 Å². The van der Waals surface area contributed by atoms with Crippen LogP contribution in [-0.2, 0) is 4.79 Å². The summed E-state index contributed by atoms with van der Waals surface area (Å²) in [5.74, 6) is -0.691. The fourth-order valence-electron chi connectivity index (χ4n) is 1.93. The maximum absolute atomic E-state index is 12.0. The summed E-state index contributed by atoms with van der Waals surface area (Å²) in [6.45, 7) is 5.29. The molecular formula is C11H19N3O3. The van der Waals surface area contributed by atoms with Gasteiger partial charge in [-0.2, -0.15) is 0 Å². The molecule has 0 aromatic carbocycles. The highest BCUT2D eigenvalue weighted by Crippen LogP contribution is 2.16. The molecule has 0 bridgehead atoms. The Morgan fingerprint density at radius 3 is 2.76 bits per heavy atom. The van der Waals surface area contributed by atoms with E-state index in [1.54, 1.807) is 4.90 Å². The zero-order chi connectivity index (χ0) is 12.8. The van der Waals surface area contributed by atoms with Crippen LogP contribution in [0.3, 0.4) is 0 Å². The van der Waals surface area contributed by atoms with Gasteiger partial charge in [-0.3, -0.25) is 4.79 Å². The maximum atomic E-state index is 12.0. The lowest BCUT2D eigenvalue weighted by Gasteiger charge is -2.25. The van der Waals surface area contributed by atoms with Gasteiger partial charge in [-0.15, -0.1) is 6.58 Å². The Bertz CT molecular complexity index is 306. The van der Waals surface area contributed by atoms with Crippen molar-refractivity contribution < 1.29 is 14.7 Å². The van der Waals surface area contributed by atoms with Crippen LogP contribution in [0.15, 0.2) is 12.7 Å². The van der Waals surface area contributed by atoms with Gasteiger partial charge in [-0.25, -0.2) is 4.79 Å². The molecule has 0 aliphatic carbocycles. The smallest absolute Gasteiger partial charge is 0.323 e. The van der Waals surface area contributed by atoms with Gasteiger partial charge in [-0.05, 0) is 18.9 Å².